The summed E-state index contributed by atoms with van der Waals surface area (Å²) in [4.78, 5) is 14.8. The van der Waals surface area contributed by atoms with Crippen LogP contribution in [0, 0.1) is 0 Å². The van der Waals surface area contributed by atoms with Crippen LogP contribution in [-0.2, 0) is 17.4 Å². The molecule has 1 aliphatic rings. The van der Waals surface area contributed by atoms with Crippen molar-refractivity contribution in [2.75, 3.05) is 23.3 Å². The number of aryl methyl sites for hydroxylation is 1. The van der Waals surface area contributed by atoms with Gasteiger partial charge in [-0.3, -0.25) is 4.79 Å². The molecule has 0 saturated carbocycles. The Morgan fingerprint density at radius 3 is 2.64 bits per heavy atom. The summed E-state index contributed by atoms with van der Waals surface area (Å²) in [7, 11) is 0. The van der Waals surface area contributed by atoms with Gasteiger partial charge in [-0.1, -0.05) is 17.7 Å². The molecule has 4 rings (SSSR count). The van der Waals surface area contributed by atoms with E-state index in [1.165, 1.54) is 18.6 Å². The molecule has 0 aliphatic carbocycles. The highest BCUT2D eigenvalue weighted by Crippen LogP contribution is 2.33. The number of nitrogens with one attached hydrogen (secondary N) is 1. The SMILES string of the molecule is O=C(CCc1nnc(-c2cccc(C(F)(F)F)c2)o1)Nc1cc(Cl)ccc1N1CCCCC1. The molecular formula is C23H22ClF3N4O2. The molecule has 0 radical (unpaired) electrons. The van der Waals surface area contributed by atoms with Gasteiger partial charge in [0, 0.05) is 36.5 Å². The summed E-state index contributed by atoms with van der Waals surface area (Å²) in [6, 6.07) is 10.1. The maximum absolute atomic E-state index is 12.9. The molecule has 6 nitrogen and oxygen atoms in total. The summed E-state index contributed by atoms with van der Waals surface area (Å²) in [5.74, 6) is -0.118. The van der Waals surface area contributed by atoms with E-state index in [-0.39, 0.29) is 36.1 Å². The average Bonchev–Trinajstić information content (AvgIpc) is 3.27. The van der Waals surface area contributed by atoms with Crippen LogP contribution in [0.25, 0.3) is 11.5 Å². The largest absolute Gasteiger partial charge is 0.421 e. The standard InChI is InChI=1S/C23H22ClF3N4O2/c24-17-7-8-19(31-11-2-1-3-12-31)18(14-17)28-20(32)9-10-21-29-30-22(33-21)15-5-4-6-16(13-15)23(25,26)27/h4-8,13-14H,1-3,9-12H2,(H,28,32). The summed E-state index contributed by atoms with van der Waals surface area (Å²) < 4.78 is 44.3. The number of hydrogen-bond donors (Lipinski definition) is 1. The fraction of sp³-hybridized carbons (Fsp3) is 0.348. The van der Waals surface area contributed by atoms with E-state index in [0.29, 0.717) is 10.7 Å². The molecule has 3 aromatic rings. The number of piperidine rings is 1. The molecule has 33 heavy (non-hydrogen) atoms. The molecule has 0 bridgehead atoms. The average molecular weight is 479 g/mol. The third kappa shape index (κ3) is 5.84. The van der Waals surface area contributed by atoms with Gasteiger partial charge in [0.1, 0.15) is 0 Å². The smallest absolute Gasteiger partial charge is 0.416 e. The first kappa shape index (κ1) is 23.1. The number of alkyl halides is 3. The molecule has 2 aromatic carbocycles. The Labute approximate surface area is 193 Å². The number of anilines is 2. The Hall–Kier alpha value is -3.07. The zero-order valence-corrected chi connectivity index (χ0v) is 18.4. The van der Waals surface area contributed by atoms with Gasteiger partial charge in [0.15, 0.2) is 0 Å². The van der Waals surface area contributed by atoms with Gasteiger partial charge in [-0.2, -0.15) is 13.2 Å². The summed E-state index contributed by atoms with van der Waals surface area (Å²) in [5, 5.41) is 11.1. The van der Waals surface area contributed by atoms with Crippen molar-refractivity contribution in [3.05, 3.63) is 58.9 Å². The van der Waals surface area contributed by atoms with E-state index in [0.717, 1.165) is 43.8 Å². The van der Waals surface area contributed by atoms with Gasteiger partial charge in [-0.15, -0.1) is 10.2 Å². The molecule has 1 fully saturated rings. The van der Waals surface area contributed by atoms with Crippen molar-refractivity contribution in [1.82, 2.24) is 10.2 Å². The number of halogens is 4. The molecule has 1 aliphatic heterocycles. The lowest BCUT2D eigenvalue weighted by atomic mass is 10.1. The molecule has 1 saturated heterocycles. The Bertz CT molecular complexity index is 1130. The van der Waals surface area contributed by atoms with Crippen LogP contribution in [0.3, 0.4) is 0 Å². The number of benzene rings is 2. The van der Waals surface area contributed by atoms with Crippen LogP contribution in [0.2, 0.25) is 5.02 Å². The van der Waals surface area contributed by atoms with Gasteiger partial charge >= 0.3 is 6.18 Å². The maximum atomic E-state index is 12.9. The highest BCUT2D eigenvalue weighted by molar-refractivity contribution is 6.31. The zero-order chi connectivity index (χ0) is 23.4. The number of aromatic nitrogens is 2. The first-order valence-electron chi connectivity index (χ1n) is 10.6. The van der Waals surface area contributed by atoms with Gasteiger partial charge in [0.05, 0.1) is 16.9 Å². The second-order valence-electron chi connectivity index (χ2n) is 7.84. The van der Waals surface area contributed by atoms with Crippen LogP contribution in [0.1, 0.15) is 37.1 Å². The lowest BCUT2D eigenvalue weighted by Gasteiger charge is -2.30. The van der Waals surface area contributed by atoms with Crippen LogP contribution in [0.4, 0.5) is 24.5 Å². The minimum Gasteiger partial charge on any atom is -0.421 e. The molecule has 0 spiro atoms. The van der Waals surface area contributed by atoms with Crippen molar-refractivity contribution >= 4 is 28.9 Å². The van der Waals surface area contributed by atoms with E-state index in [1.54, 1.807) is 12.1 Å². The Morgan fingerprint density at radius 2 is 1.88 bits per heavy atom. The number of rotatable bonds is 6. The van der Waals surface area contributed by atoms with Crippen LogP contribution in [-0.4, -0.2) is 29.2 Å². The summed E-state index contributed by atoms with van der Waals surface area (Å²) in [6.45, 7) is 1.84. The third-order valence-electron chi connectivity index (χ3n) is 5.40. The number of carbonyl (C=O) groups is 1. The zero-order valence-electron chi connectivity index (χ0n) is 17.7. The minimum absolute atomic E-state index is 0.0289. The molecule has 10 heteroatoms. The number of hydrogen-bond acceptors (Lipinski definition) is 5. The summed E-state index contributed by atoms with van der Waals surface area (Å²) in [6.07, 6.45) is -0.862. The fourth-order valence-corrected chi connectivity index (χ4v) is 3.92. The molecule has 2 heterocycles. The lowest BCUT2D eigenvalue weighted by Crippen LogP contribution is -2.30. The molecule has 174 valence electrons. The third-order valence-corrected chi connectivity index (χ3v) is 5.63. The van der Waals surface area contributed by atoms with Crippen molar-refractivity contribution in [3.63, 3.8) is 0 Å². The number of carbonyl (C=O) groups excluding carboxylic acids is 1. The predicted octanol–water partition coefficient (Wildman–Crippen LogP) is 5.97. The van der Waals surface area contributed by atoms with E-state index >= 15 is 0 Å². The first-order valence-corrected chi connectivity index (χ1v) is 11.0. The van der Waals surface area contributed by atoms with E-state index in [9.17, 15) is 18.0 Å². The molecule has 0 atom stereocenters. The Kier molecular flexibility index (Phi) is 6.88. The quantitative estimate of drug-likeness (QED) is 0.472. The van der Waals surface area contributed by atoms with Crippen LogP contribution in [0.15, 0.2) is 46.9 Å². The van der Waals surface area contributed by atoms with Crippen LogP contribution < -0.4 is 10.2 Å². The Balaban J connectivity index is 1.40. The van der Waals surface area contributed by atoms with Crippen molar-refractivity contribution in [2.45, 2.75) is 38.3 Å². The molecule has 1 aromatic heterocycles. The second kappa shape index (κ2) is 9.82. The van der Waals surface area contributed by atoms with Gasteiger partial charge in [-0.05, 0) is 55.7 Å². The van der Waals surface area contributed by atoms with Gasteiger partial charge in [-0.25, -0.2) is 0 Å². The molecule has 1 N–H and O–H groups in total. The topological polar surface area (TPSA) is 71.3 Å². The van der Waals surface area contributed by atoms with E-state index in [2.05, 4.69) is 20.4 Å². The lowest BCUT2D eigenvalue weighted by molar-refractivity contribution is -0.137. The van der Waals surface area contributed by atoms with Crippen LogP contribution in [0.5, 0.6) is 0 Å². The van der Waals surface area contributed by atoms with Gasteiger partial charge in [0.25, 0.3) is 0 Å². The first-order chi connectivity index (χ1) is 15.8. The van der Waals surface area contributed by atoms with Crippen molar-refractivity contribution in [2.24, 2.45) is 0 Å². The predicted molar refractivity (Wildman–Crippen MR) is 119 cm³/mol. The van der Waals surface area contributed by atoms with Crippen molar-refractivity contribution in [3.8, 4) is 11.5 Å². The van der Waals surface area contributed by atoms with E-state index in [4.69, 9.17) is 16.0 Å². The Morgan fingerprint density at radius 1 is 1.09 bits per heavy atom. The minimum atomic E-state index is -4.47. The summed E-state index contributed by atoms with van der Waals surface area (Å²) >= 11 is 6.14. The van der Waals surface area contributed by atoms with Gasteiger partial charge < -0.3 is 14.6 Å². The van der Waals surface area contributed by atoms with Crippen molar-refractivity contribution in [1.29, 1.82) is 0 Å². The fourth-order valence-electron chi connectivity index (χ4n) is 3.75. The highest BCUT2D eigenvalue weighted by atomic mass is 35.5. The number of nitrogens with zero attached hydrogens (tertiary/aromatic N) is 3. The second-order valence-corrected chi connectivity index (χ2v) is 8.27. The van der Waals surface area contributed by atoms with E-state index < -0.39 is 11.7 Å². The molecule has 0 unspecified atom stereocenters. The summed E-state index contributed by atoms with van der Waals surface area (Å²) in [5.41, 5.74) is 0.935. The van der Waals surface area contributed by atoms with Crippen LogP contribution >= 0.6 is 11.6 Å². The number of amides is 1. The normalized spacial score (nSPS) is 14.4. The highest BCUT2D eigenvalue weighted by Gasteiger charge is 2.31. The van der Waals surface area contributed by atoms with Crippen molar-refractivity contribution < 1.29 is 22.4 Å². The molecule has 1 amide bonds. The monoisotopic (exact) mass is 478 g/mol. The molecular weight excluding hydrogens is 457 g/mol. The van der Waals surface area contributed by atoms with E-state index in [1.807, 2.05) is 6.07 Å². The van der Waals surface area contributed by atoms with Gasteiger partial charge in [0.2, 0.25) is 17.7 Å². The maximum Gasteiger partial charge on any atom is 0.416 e.